The van der Waals surface area contributed by atoms with Crippen LogP contribution in [0.25, 0.3) is 5.65 Å². The fourth-order valence-corrected chi connectivity index (χ4v) is 2.09. The molecular formula is C15H16N4O2. The van der Waals surface area contributed by atoms with Crippen LogP contribution in [-0.2, 0) is 6.54 Å². The summed E-state index contributed by atoms with van der Waals surface area (Å²) >= 11 is 0. The van der Waals surface area contributed by atoms with Gasteiger partial charge in [-0.1, -0.05) is 6.07 Å². The highest BCUT2D eigenvalue weighted by molar-refractivity contribution is 5.91. The van der Waals surface area contributed by atoms with Crippen LogP contribution in [0.3, 0.4) is 0 Å². The van der Waals surface area contributed by atoms with Gasteiger partial charge in [0, 0.05) is 25.8 Å². The van der Waals surface area contributed by atoms with E-state index in [4.69, 9.17) is 4.42 Å². The molecule has 0 radical (unpaired) electrons. The second-order valence-corrected chi connectivity index (χ2v) is 4.59. The van der Waals surface area contributed by atoms with Gasteiger partial charge in [0.05, 0.1) is 18.2 Å². The van der Waals surface area contributed by atoms with Crippen LogP contribution in [0.5, 0.6) is 0 Å². The maximum atomic E-state index is 11.6. The van der Waals surface area contributed by atoms with Crippen molar-refractivity contribution < 1.29 is 9.21 Å². The summed E-state index contributed by atoms with van der Waals surface area (Å²) in [5, 5.41) is 6.06. The highest BCUT2D eigenvalue weighted by Gasteiger charge is 2.06. The van der Waals surface area contributed by atoms with E-state index in [0.717, 1.165) is 11.3 Å². The molecule has 3 aromatic heterocycles. The molecule has 0 aromatic carbocycles. The number of imidazole rings is 1. The van der Waals surface area contributed by atoms with Gasteiger partial charge < -0.3 is 19.5 Å². The van der Waals surface area contributed by atoms with E-state index in [9.17, 15) is 4.79 Å². The molecule has 0 bridgehead atoms. The summed E-state index contributed by atoms with van der Waals surface area (Å²) in [5.74, 6) is 0.133. The largest absolute Gasteiger partial charge is 0.459 e. The Labute approximate surface area is 121 Å². The Morgan fingerprint density at radius 1 is 1.24 bits per heavy atom. The van der Waals surface area contributed by atoms with E-state index < -0.39 is 0 Å². The average Bonchev–Trinajstić information content (AvgIpc) is 3.16. The predicted molar refractivity (Wildman–Crippen MR) is 77.9 cm³/mol. The number of nitrogens with one attached hydrogen (secondary N) is 2. The molecule has 0 aliphatic heterocycles. The van der Waals surface area contributed by atoms with Crippen LogP contribution in [0.1, 0.15) is 16.2 Å². The molecule has 1 amide bonds. The van der Waals surface area contributed by atoms with Crippen molar-refractivity contribution in [1.82, 2.24) is 20.0 Å². The quantitative estimate of drug-likeness (QED) is 0.672. The van der Waals surface area contributed by atoms with Crippen molar-refractivity contribution in [1.29, 1.82) is 0 Å². The Kier molecular flexibility index (Phi) is 3.97. The third-order valence-electron chi connectivity index (χ3n) is 3.13. The summed E-state index contributed by atoms with van der Waals surface area (Å²) < 4.78 is 7.05. The Hall–Kier alpha value is -2.60. The summed E-state index contributed by atoms with van der Waals surface area (Å²) in [6.45, 7) is 1.91. The van der Waals surface area contributed by atoms with Crippen molar-refractivity contribution in [2.24, 2.45) is 0 Å². The summed E-state index contributed by atoms with van der Waals surface area (Å²) in [7, 11) is 0. The van der Waals surface area contributed by atoms with Crippen molar-refractivity contribution in [3.63, 3.8) is 0 Å². The van der Waals surface area contributed by atoms with Crippen molar-refractivity contribution in [3.8, 4) is 0 Å². The number of hydrogen-bond donors (Lipinski definition) is 2. The number of pyridine rings is 1. The smallest absolute Gasteiger partial charge is 0.287 e. The van der Waals surface area contributed by atoms with Gasteiger partial charge in [-0.3, -0.25) is 4.79 Å². The molecule has 0 aliphatic rings. The fourth-order valence-electron chi connectivity index (χ4n) is 2.09. The monoisotopic (exact) mass is 284 g/mol. The maximum absolute atomic E-state index is 11.6. The van der Waals surface area contributed by atoms with Gasteiger partial charge in [-0.2, -0.15) is 0 Å². The summed E-state index contributed by atoms with van der Waals surface area (Å²) in [6.07, 6.45) is 5.32. The highest BCUT2D eigenvalue weighted by Crippen LogP contribution is 2.05. The van der Waals surface area contributed by atoms with E-state index in [1.54, 1.807) is 12.1 Å². The number of carbonyl (C=O) groups is 1. The zero-order valence-corrected chi connectivity index (χ0v) is 11.5. The average molecular weight is 284 g/mol. The number of fused-ring (bicyclic) bond motifs is 1. The minimum Gasteiger partial charge on any atom is -0.459 e. The lowest BCUT2D eigenvalue weighted by Crippen LogP contribution is -2.31. The highest BCUT2D eigenvalue weighted by atomic mass is 16.3. The molecular weight excluding hydrogens is 268 g/mol. The van der Waals surface area contributed by atoms with Gasteiger partial charge in [-0.15, -0.1) is 0 Å². The SMILES string of the molecule is O=C(NCCNCc1cnc2ccccn12)c1ccco1. The molecule has 0 unspecified atom stereocenters. The lowest BCUT2D eigenvalue weighted by Gasteiger charge is -2.06. The van der Waals surface area contributed by atoms with Crippen LogP contribution in [0.2, 0.25) is 0 Å². The van der Waals surface area contributed by atoms with E-state index in [-0.39, 0.29) is 5.91 Å². The Bertz CT molecular complexity index is 718. The lowest BCUT2D eigenvalue weighted by atomic mass is 10.4. The van der Waals surface area contributed by atoms with Crippen molar-refractivity contribution >= 4 is 11.6 Å². The van der Waals surface area contributed by atoms with Crippen LogP contribution < -0.4 is 10.6 Å². The van der Waals surface area contributed by atoms with Gasteiger partial charge in [0.1, 0.15) is 5.65 Å². The van der Waals surface area contributed by atoms with Crippen molar-refractivity contribution in [2.75, 3.05) is 13.1 Å². The number of furan rings is 1. The van der Waals surface area contributed by atoms with Gasteiger partial charge >= 0.3 is 0 Å². The van der Waals surface area contributed by atoms with E-state index in [0.29, 0.717) is 25.4 Å². The first-order chi connectivity index (χ1) is 10.3. The predicted octanol–water partition coefficient (Wildman–Crippen LogP) is 1.45. The molecule has 6 heteroatoms. The molecule has 0 spiro atoms. The number of amides is 1. The Morgan fingerprint density at radius 2 is 2.19 bits per heavy atom. The number of carbonyl (C=O) groups excluding carboxylic acids is 1. The second-order valence-electron chi connectivity index (χ2n) is 4.59. The summed E-state index contributed by atoms with van der Waals surface area (Å²) in [6, 6.07) is 9.23. The first kappa shape index (κ1) is 13.4. The second kappa shape index (κ2) is 6.23. The molecule has 0 aliphatic carbocycles. The van der Waals surface area contributed by atoms with Gasteiger partial charge in [-0.25, -0.2) is 4.98 Å². The molecule has 0 saturated carbocycles. The lowest BCUT2D eigenvalue weighted by molar-refractivity contribution is 0.0926. The maximum Gasteiger partial charge on any atom is 0.287 e. The molecule has 0 saturated heterocycles. The molecule has 108 valence electrons. The number of nitrogens with zero attached hydrogens (tertiary/aromatic N) is 2. The van der Waals surface area contributed by atoms with Gasteiger partial charge in [0.25, 0.3) is 5.91 Å². The van der Waals surface area contributed by atoms with Crippen LogP contribution in [0.4, 0.5) is 0 Å². The zero-order valence-electron chi connectivity index (χ0n) is 11.5. The van der Waals surface area contributed by atoms with E-state index >= 15 is 0 Å². The van der Waals surface area contributed by atoms with Gasteiger partial charge in [-0.05, 0) is 24.3 Å². The molecule has 3 aromatic rings. The summed E-state index contributed by atoms with van der Waals surface area (Å²) in [4.78, 5) is 15.9. The molecule has 21 heavy (non-hydrogen) atoms. The van der Waals surface area contributed by atoms with Crippen molar-refractivity contribution in [2.45, 2.75) is 6.54 Å². The standard InChI is InChI=1S/C15H16N4O2/c20-15(13-4-3-9-21-13)17-7-6-16-10-12-11-18-14-5-1-2-8-19(12)14/h1-5,8-9,11,16H,6-7,10H2,(H,17,20). The van der Waals surface area contributed by atoms with Crippen LogP contribution in [0.15, 0.2) is 53.4 Å². The molecule has 6 nitrogen and oxygen atoms in total. The third-order valence-corrected chi connectivity index (χ3v) is 3.13. The zero-order chi connectivity index (χ0) is 14.5. The molecule has 0 atom stereocenters. The number of rotatable bonds is 6. The van der Waals surface area contributed by atoms with E-state index in [1.807, 2.05) is 35.0 Å². The molecule has 2 N–H and O–H groups in total. The molecule has 3 rings (SSSR count). The Balaban J connectivity index is 1.43. The third kappa shape index (κ3) is 3.11. The van der Waals surface area contributed by atoms with Crippen LogP contribution >= 0.6 is 0 Å². The van der Waals surface area contributed by atoms with E-state index in [1.165, 1.54) is 6.26 Å². The first-order valence-electron chi connectivity index (χ1n) is 6.78. The number of aromatic nitrogens is 2. The Morgan fingerprint density at radius 3 is 3.05 bits per heavy atom. The van der Waals surface area contributed by atoms with Crippen molar-refractivity contribution in [3.05, 3.63) is 60.4 Å². The van der Waals surface area contributed by atoms with Crippen LogP contribution in [0, 0.1) is 0 Å². The van der Waals surface area contributed by atoms with E-state index in [2.05, 4.69) is 15.6 Å². The number of hydrogen-bond acceptors (Lipinski definition) is 4. The fraction of sp³-hybridized carbons (Fsp3) is 0.200. The molecule has 0 fully saturated rings. The minimum atomic E-state index is -0.198. The van der Waals surface area contributed by atoms with Gasteiger partial charge in [0.2, 0.25) is 0 Å². The topological polar surface area (TPSA) is 71.6 Å². The normalized spacial score (nSPS) is 10.9. The summed E-state index contributed by atoms with van der Waals surface area (Å²) in [5.41, 5.74) is 2.02. The van der Waals surface area contributed by atoms with Crippen LogP contribution in [-0.4, -0.2) is 28.4 Å². The minimum absolute atomic E-state index is 0.198. The van der Waals surface area contributed by atoms with Gasteiger partial charge in [0.15, 0.2) is 5.76 Å². The first-order valence-corrected chi connectivity index (χ1v) is 6.78. The molecule has 3 heterocycles.